The molecule has 0 saturated heterocycles. The van der Waals surface area contributed by atoms with Crippen LogP contribution in [0.15, 0.2) is 45.7 Å². The van der Waals surface area contributed by atoms with Crippen molar-refractivity contribution in [3.8, 4) is 11.5 Å². The number of hydrogen-bond acceptors (Lipinski definition) is 7. The summed E-state index contributed by atoms with van der Waals surface area (Å²) in [6.07, 6.45) is 0.835. The zero-order chi connectivity index (χ0) is 20.4. The van der Waals surface area contributed by atoms with Crippen LogP contribution in [0.2, 0.25) is 0 Å². The monoisotopic (exact) mass is 417 g/mol. The van der Waals surface area contributed by atoms with Gasteiger partial charge in [-0.3, -0.25) is 0 Å². The predicted octanol–water partition coefficient (Wildman–Crippen LogP) is 3.76. The van der Waals surface area contributed by atoms with E-state index in [1.54, 1.807) is 12.1 Å². The van der Waals surface area contributed by atoms with Gasteiger partial charge in [0.1, 0.15) is 5.52 Å². The van der Waals surface area contributed by atoms with E-state index in [1.165, 1.54) is 10.4 Å². The van der Waals surface area contributed by atoms with Gasteiger partial charge in [0, 0.05) is 31.3 Å². The van der Waals surface area contributed by atoms with Gasteiger partial charge in [-0.1, -0.05) is 13.8 Å². The molecule has 1 N–H and O–H groups in total. The largest absolute Gasteiger partial charge is 0.490 e. The highest BCUT2D eigenvalue weighted by atomic mass is 32.2. The highest BCUT2D eigenvalue weighted by molar-refractivity contribution is 7.89. The maximum absolute atomic E-state index is 12.7. The standard InChI is InChI=1S/C20H23N3O5S/c1-3-23(4-2)29(24,25)15-7-9-17-16(13-15)22-20(28-17)21-14-6-8-18-19(12-14)27-11-5-10-26-18/h6-9,12-13H,3-5,10-11H2,1-2H3,(H,21,22). The molecule has 8 nitrogen and oxygen atoms in total. The summed E-state index contributed by atoms with van der Waals surface area (Å²) < 4.78 is 43.9. The first-order valence-electron chi connectivity index (χ1n) is 9.58. The Morgan fingerprint density at radius 1 is 1.03 bits per heavy atom. The summed E-state index contributed by atoms with van der Waals surface area (Å²) in [5.41, 5.74) is 1.70. The fraction of sp³-hybridized carbons (Fsp3) is 0.350. The molecule has 2 heterocycles. The number of benzene rings is 2. The molecule has 0 saturated carbocycles. The third-order valence-corrected chi connectivity index (χ3v) is 6.75. The number of nitrogens with one attached hydrogen (secondary N) is 1. The molecule has 1 aliphatic heterocycles. The molecule has 0 radical (unpaired) electrons. The lowest BCUT2D eigenvalue weighted by molar-refractivity contribution is 0.297. The molecule has 29 heavy (non-hydrogen) atoms. The van der Waals surface area contributed by atoms with E-state index < -0.39 is 10.0 Å². The van der Waals surface area contributed by atoms with Gasteiger partial charge in [-0.05, 0) is 30.3 Å². The summed E-state index contributed by atoms with van der Waals surface area (Å²) in [6.45, 7) is 5.67. The highest BCUT2D eigenvalue weighted by Crippen LogP contribution is 2.34. The molecule has 3 aromatic rings. The van der Waals surface area contributed by atoms with Gasteiger partial charge < -0.3 is 19.2 Å². The van der Waals surface area contributed by atoms with Crippen LogP contribution in [0.4, 0.5) is 11.7 Å². The third kappa shape index (κ3) is 3.88. The lowest BCUT2D eigenvalue weighted by Crippen LogP contribution is -2.30. The molecule has 4 rings (SSSR count). The van der Waals surface area contributed by atoms with Crippen LogP contribution in [0, 0.1) is 0 Å². The van der Waals surface area contributed by atoms with Crippen molar-refractivity contribution in [2.24, 2.45) is 0 Å². The Balaban J connectivity index is 1.61. The second-order valence-electron chi connectivity index (χ2n) is 6.57. The Kier molecular flexibility index (Phi) is 5.33. The minimum atomic E-state index is -3.56. The number of nitrogens with zero attached hydrogens (tertiary/aromatic N) is 2. The fourth-order valence-electron chi connectivity index (χ4n) is 3.20. The van der Waals surface area contributed by atoms with E-state index in [1.807, 2.05) is 32.0 Å². The van der Waals surface area contributed by atoms with Crippen molar-refractivity contribution in [2.75, 3.05) is 31.6 Å². The SMILES string of the molecule is CCN(CC)S(=O)(=O)c1ccc2oc(Nc3ccc4c(c3)OCCCO4)nc2c1. The van der Waals surface area contributed by atoms with Crippen molar-refractivity contribution in [2.45, 2.75) is 25.2 Å². The smallest absolute Gasteiger partial charge is 0.300 e. The number of rotatable bonds is 6. The van der Waals surface area contributed by atoms with Gasteiger partial charge in [-0.2, -0.15) is 9.29 Å². The van der Waals surface area contributed by atoms with Gasteiger partial charge in [-0.15, -0.1) is 0 Å². The lowest BCUT2D eigenvalue weighted by Gasteiger charge is -2.18. The van der Waals surface area contributed by atoms with Crippen LogP contribution >= 0.6 is 0 Å². The van der Waals surface area contributed by atoms with Gasteiger partial charge in [0.05, 0.1) is 18.1 Å². The quantitative estimate of drug-likeness (QED) is 0.652. The Bertz CT molecular complexity index is 1120. The van der Waals surface area contributed by atoms with Crippen molar-refractivity contribution < 1.29 is 22.3 Å². The maximum atomic E-state index is 12.7. The van der Waals surface area contributed by atoms with Crippen molar-refractivity contribution in [3.63, 3.8) is 0 Å². The minimum absolute atomic E-state index is 0.198. The first-order valence-corrected chi connectivity index (χ1v) is 11.0. The van der Waals surface area contributed by atoms with E-state index in [4.69, 9.17) is 13.9 Å². The minimum Gasteiger partial charge on any atom is -0.490 e. The molecule has 0 unspecified atom stereocenters. The average molecular weight is 417 g/mol. The second-order valence-corrected chi connectivity index (χ2v) is 8.51. The molecular formula is C20H23N3O5S. The van der Waals surface area contributed by atoms with E-state index in [-0.39, 0.29) is 10.9 Å². The summed E-state index contributed by atoms with van der Waals surface area (Å²) >= 11 is 0. The first-order chi connectivity index (χ1) is 14.0. The van der Waals surface area contributed by atoms with Crippen LogP contribution in [-0.4, -0.2) is 44.0 Å². The summed E-state index contributed by atoms with van der Waals surface area (Å²) in [4.78, 5) is 4.59. The topological polar surface area (TPSA) is 93.9 Å². The number of oxazole rings is 1. The molecule has 1 aromatic heterocycles. The number of sulfonamides is 1. The number of aromatic nitrogens is 1. The molecule has 154 valence electrons. The number of anilines is 2. The zero-order valence-corrected chi connectivity index (χ0v) is 17.2. The van der Waals surface area contributed by atoms with E-state index in [0.29, 0.717) is 48.9 Å². The molecule has 0 amide bonds. The maximum Gasteiger partial charge on any atom is 0.300 e. The Morgan fingerprint density at radius 3 is 2.55 bits per heavy atom. The van der Waals surface area contributed by atoms with Gasteiger partial charge in [0.25, 0.3) is 6.01 Å². The molecule has 0 spiro atoms. The van der Waals surface area contributed by atoms with E-state index in [9.17, 15) is 8.42 Å². The summed E-state index contributed by atoms with van der Waals surface area (Å²) in [5.74, 6) is 1.37. The van der Waals surface area contributed by atoms with Gasteiger partial charge in [0.2, 0.25) is 10.0 Å². The number of ether oxygens (including phenoxy) is 2. The number of hydrogen-bond donors (Lipinski definition) is 1. The highest BCUT2D eigenvalue weighted by Gasteiger charge is 2.22. The van der Waals surface area contributed by atoms with Crippen LogP contribution in [0.5, 0.6) is 11.5 Å². The molecular weight excluding hydrogens is 394 g/mol. The van der Waals surface area contributed by atoms with Crippen LogP contribution in [0.3, 0.4) is 0 Å². The molecule has 0 bridgehead atoms. The molecule has 9 heteroatoms. The molecule has 2 aromatic carbocycles. The number of fused-ring (bicyclic) bond motifs is 2. The van der Waals surface area contributed by atoms with Gasteiger partial charge in [0.15, 0.2) is 17.1 Å². The van der Waals surface area contributed by atoms with Crippen molar-refractivity contribution in [1.29, 1.82) is 0 Å². The third-order valence-electron chi connectivity index (χ3n) is 4.70. The van der Waals surface area contributed by atoms with Crippen LogP contribution in [0.1, 0.15) is 20.3 Å². The molecule has 0 fully saturated rings. The molecule has 1 aliphatic rings. The second kappa shape index (κ2) is 7.92. The zero-order valence-electron chi connectivity index (χ0n) is 16.3. The van der Waals surface area contributed by atoms with Crippen LogP contribution in [-0.2, 0) is 10.0 Å². The predicted molar refractivity (Wildman–Crippen MR) is 109 cm³/mol. The molecule has 0 atom stereocenters. The lowest BCUT2D eigenvalue weighted by atomic mass is 10.3. The van der Waals surface area contributed by atoms with E-state index in [2.05, 4.69) is 10.3 Å². The van der Waals surface area contributed by atoms with E-state index >= 15 is 0 Å². The molecule has 0 aliphatic carbocycles. The normalized spacial score (nSPS) is 14.2. The van der Waals surface area contributed by atoms with Crippen molar-refractivity contribution in [1.82, 2.24) is 9.29 Å². The Labute approximate surface area is 169 Å². The van der Waals surface area contributed by atoms with Crippen LogP contribution < -0.4 is 14.8 Å². The first kappa shape index (κ1) is 19.5. The van der Waals surface area contributed by atoms with Gasteiger partial charge in [-0.25, -0.2) is 8.42 Å². The summed E-state index contributed by atoms with van der Waals surface area (Å²) in [6, 6.07) is 10.5. The Hall–Kier alpha value is -2.78. The van der Waals surface area contributed by atoms with Crippen molar-refractivity contribution in [3.05, 3.63) is 36.4 Å². The fourth-order valence-corrected chi connectivity index (χ4v) is 4.68. The van der Waals surface area contributed by atoms with E-state index in [0.717, 1.165) is 12.1 Å². The Morgan fingerprint density at radius 2 is 1.79 bits per heavy atom. The average Bonchev–Trinajstić information content (AvgIpc) is 2.95. The van der Waals surface area contributed by atoms with Crippen molar-refractivity contribution >= 4 is 32.8 Å². The van der Waals surface area contributed by atoms with Gasteiger partial charge >= 0.3 is 0 Å². The summed E-state index contributed by atoms with van der Waals surface area (Å²) in [5, 5.41) is 3.09. The summed E-state index contributed by atoms with van der Waals surface area (Å²) in [7, 11) is -3.56. The van der Waals surface area contributed by atoms with Crippen LogP contribution in [0.25, 0.3) is 11.1 Å².